The number of aromatic nitrogens is 3. The van der Waals surface area contributed by atoms with Crippen LogP contribution in [-0.4, -0.2) is 46.6 Å². The number of hydrogen-bond acceptors (Lipinski definition) is 6. The van der Waals surface area contributed by atoms with Crippen LogP contribution < -0.4 is 14.6 Å². The van der Waals surface area contributed by atoms with Gasteiger partial charge in [0.25, 0.3) is 0 Å². The Balaban J connectivity index is 1.55. The van der Waals surface area contributed by atoms with Crippen molar-refractivity contribution in [2.24, 2.45) is 0 Å². The molecule has 5 rings (SSSR count). The Morgan fingerprint density at radius 1 is 0.654 bits per heavy atom. The molecule has 0 bridgehead atoms. The Bertz CT molecular complexity index is 2250. The topological polar surface area (TPSA) is 82.0 Å². The Hall–Kier alpha value is -5.25. The molecule has 0 atom stereocenters. The summed E-state index contributed by atoms with van der Waals surface area (Å²) in [6.45, 7) is 2.79. The van der Waals surface area contributed by atoms with Crippen LogP contribution in [0.25, 0.3) is 46.1 Å². The largest absolute Gasteiger partial charge is 0.460 e. The van der Waals surface area contributed by atoms with Gasteiger partial charge < -0.3 is 4.18 Å². The summed E-state index contributed by atoms with van der Waals surface area (Å²) in [7, 11) is -7.15. The second-order valence-corrected chi connectivity index (χ2v) is 12.8. The van der Waals surface area contributed by atoms with Gasteiger partial charge in [0.1, 0.15) is 5.75 Å². The van der Waals surface area contributed by atoms with E-state index in [4.69, 9.17) is 0 Å². The first kappa shape index (κ1) is 38.0. The molecule has 3 aromatic carbocycles. The number of benzene rings is 3. The van der Waals surface area contributed by atoms with Gasteiger partial charge >= 0.3 is 33.4 Å². The Labute approximate surface area is 291 Å². The molecule has 1 aliphatic rings. The summed E-state index contributed by atoms with van der Waals surface area (Å²) in [5.41, 5.74) is 3.03. The van der Waals surface area contributed by atoms with Crippen LogP contribution in [-0.2, 0) is 10.1 Å². The predicted molar refractivity (Wildman–Crippen MR) is 177 cm³/mol. The molecule has 52 heavy (non-hydrogen) atoms. The molecule has 16 heteroatoms. The van der Waals surface area contributed by atoms with Gasteiger partial charge in [-0.15, -0.1) is 0 Å². The molecule has 1 heterocycles. The van der Waals surface area contributed by atoms with E-state index in [2.05, 4.69) is 19.1 Å². The standard InChI is InChI=1S/C36H26F9N3O3S/c1-3-26-27(4-2)29(51-52(49,50)36(44,45)34(39,40)33(37,38)35(41,42)43)21-20-28(26)22-16-11-17-25(19-18-22)32-47-30(23-12-7-5-8-13-23)46-31(48-32)24-14-9-6-10-15-24/h3-15,17-21H,16H2,1-2H3/b26-3+,27-4+. The maximum atomic E-state index is 14.4. The highest BCUT2D eigenvalue weighted by atomic mass is 32.2. The van der Waals surface area contributed by atoms with Gasteiger partial charge in [-0.2, -0.15) is 47.9 Å². The van der Waals surface area contributed by atoms with E-state index in [1.54, 1.807) is 24.3 Å². The minimum Gasteiger partial charge on any atom is -0.377 e. The highest BCUT2D eigenvalue weighted by Crippen LogP contribution is 2.55. The minimum absolute atomic E-state index is 0.153. The first-order valence-electron chi connectivity index (χ1n) is 15.2. The van der Waals surface area contributed by atoms with Crippen molar-refractivity contribution in [3.63, 3.8) is 0 Å². The van der Waals surface area contributed by atoms with Crippen molar-refractivity contribution in [3.8, 4) is 28.5 Å². The first-order valence-corrected chi connectivity index (χ1v) is 16.6. The Morgan fingerprint density at radius 3 is 1.67 bits per heavy atom. The van der Waals surface area contributed by atoms with E-state index in [1.165, 1.54) is 32.1 Å². The molecule has 0 amide bonds. The average Bonchev–Trinajstić information content (AvgIpc) is 3.37. The Morgan fingerprint density at radius 2 is 1.17 bits per heavy atom. The van der Waals surface area contributed by atoms with Crippen molar-refractivity contribution in [2.45, 2.75) is 43.5 Å². The molecule has 0 saturated carbocycles. The van der Waals surface area contributed by atoms with E-state index in [0.717, 1.165) is 17.2 Å². The molecule has 0 aliphatic heterocycles. The molecule has 4 aromatic rings. The summed E-state index contributed by atoms with van der Waals surface area (Å²) >= 11 is 0. The van der Waals surface area contributed by atoms with E-state index >= 15 is 0 Å². The van der Waals surface area contributed by atoms with Crippen molar-refractivity contribution < 1.29 is 52.1 Å². The van der Waals surface area contributed by atoms with Gasteiger partial charge in [0.05, 0.1) is 0 Å². The van der Waals surface area contributed by atoms with Crippen molar-refractivity contribution >= 4 is 33.4 Å². The third kappa shape index (κ3) is 6.86. The third-order valence-corrected chi connectivity index (χ3v) is 9.14. The smallest absolute Gasteiger partial charge is 0.377 e. The molecule has 0 radical (unpaired) electrons. The fourth-order valence-electron chi connectivity index (χ4n) is 5.18. The van der Waals surface area contributed by atoms with Crippen LogP contribution in [0.15, 0.2) is 97.1 Å². The summed E-state index contributed by atoms with van der Waals surface area (Å²) in [5.74, 6) is -14.7. The van der Waals surface area contributed by atoms with Gasteiger partial charge in [0, 0.05) is 21.9 Å². The maximum Gasteiger partial charge on any atom is 0.460 e. The van der Waals surface area contributed by atoms with E-state index in [-0.39, 0.29) is 16.9 Å². The number of hydrogen-bond donors (Lipinski definition) is 0. The lowest BCUT2D eigenvalue weighted by molar-refractivity contribution is -0.382. The fraction of sp³-hybridized carbons (Fsp3) is 0.194. The predicted octanol–water partition coefficient (Wildman–Crippen LogP) is 8.37. The Kier molecular flexibility index (Phi) is 10.3. The molecule has 1 aliphatic carbocycles. The van der Waals surface area contributed by atoms with Crippen molar-refractivity contribution in [2.75, 3.05) is 0 Å². The summed E-state index contributed by atoms with van der Waals surface area (Å²) in [5, 5.41) is -7.11. The molecule has 0 fully saturated rings. The van der Waals surface area contributed by atoms with Crippen LogP contribution in [0.3, 0.4) is 0 Å². The van der Waals surface area contributed by atoms with Crippen molar-refractivity contribution in [1.82, 2.24) is 15.0 Å². The van der Waals surface area contributed by atoms with E-state index in [1.807, 2.05) is 60.7 Å². The zero-order chi connectivity index (χ0) is 38.1. The lowest BCUT2D eigenvalue weighted by atomic mass is 9.98. The van der Waals surface area contributed by atoms with E-state index < -0.39 is 39.1 Å². The zero-order valence-electron chi connectivity index (χ0n) is 27.0. The van der Waals surface area contributed by atoms with Gasteiger partial charge in [0.15, 0.2) is 17.5 Å². The molecule has 0 spiro atoms. The lowest BCUT2D eigenvalue weighted by Crippen LogP contribution is -2.63. The minimum atomic E-state index is -7.43. The van der Waals surface area contributed by atoms with Gasteiger partial charge in [-0.3, -0.25) is 0 Å². The molecular formula is C36H26F9N3O3S. The molecule has 0 N–H and O–H groups in total. The second-order valence-electron chi connectivity index (χ2n) is 11.2. The normalized spacial score (nSPS) is 15.3. The SMILES string of the molecule is C/C=c1/c(C2=CC=C(c3nc(-c4ccccc4)nc(-c4ccccc4)n3)C=CC2)ccc(OS(=O)(=O)C(F)(F)C(F)(F)C(F)(F)C(F)(F)F)/c1=C/C. The second kappa shape index (κ2) is 14.1. The van der Waals surface area contributed by atoms with Crippen LogP contribution in [0.5, 0.6) is 5.75 Å². The number of alkyl halides is 9. The van der Waals surface area contributed by atoms with Crippen molar-refractivity contribution in [1.29, 1.82) is 0 Å². The van der Waals surface area contributed by atoms with Crippen LogP contribution in [0.1, 0.15) is 31.7 Å². The molecule has 0 unspecified atom stereocenters. The third-order valence-electron chi connectivity index (χ3n) is 7.86. The molecular weight excluding hydrogens is 725 g/mol. The molecule has 272 valence electrons. The fourth-order valence-corrected chi connectivity index (χ4v) is 6.11. The maximum absolute atomic E-state index is 14.4. The van der Waals surface area contributed by atoms with Crippen LogP contribution in [0, 0.1) is 0 Å². The van der Waals surface area contributed by atoms with E-state index in [0.29, 0.717) is 34.2 Å². The van der Waals surface area contributed by atoms with Gasteiger partial charge in [-0.25, -0.2) is 15.0 Å². The quantitative estimate of drug-likeness (QED) is 0.126. The summed E-state index contributed by atoms with van der Waals surface area (Å²) in [6, 6.07) is 20.4. The van der Waals surface area contributed by atoms with Crippen LogP contribution in [0.2, 0.25) is 0 Å². The number of rotatable bonds is 9. The summed E-state index contributed by atoms with van der Waals surface area (Å²) < 4.78 is 150. The van der Waals surface area contributed by atoms with Gasteiger partial charge in [-0.1, -0.05) is 103 Å². The molecule has 1 aromatic heterocycles. The van der Waals surface area contributed by atoms with Gasteiger partial charge in [-0.05, 0) is 42.7 Å². The lowest BCUT2D eigenvalue weighted by Gasteiger charge is -2.32. The number of allylic oxidation sites excluding steroid dienone is 6. The highest BCUT2D eigenvalue weighted by molar-refractivity contribution is 7.88. The summed E-state index contributed by atoms with van der Waals surface area (Å²) in [4.78, 5) is 14.0. The highest BCUT2D eigenvalue weighted by Gasteiger charge is 2.86. The monoisotopic (exact) mass is 751 g/mol. The van der Waals surface area contributed by atoms with Gasteiger partial charge in [0.2, 0.25) is 0 Å². The number of halogens is 9. The van der Waals surface area contributed by atoms with Crippen LogP contribution >= 0.6 is 0 Å². The zero-order valence-corrected chi connectivity index (χ0v) is 27.8. The molecule has 6 nitrogen and oxygen atoms in total. The average molecular weight is 752 g/mol. The first-order chi connectivity index (χ1) is 24.4. The van der Waals surface area contributed by atoms with Crippen LogP contribution in [0.4, 0.5) is 39.5 Å². The summed E-state index contributed by atoms with van der Waals surface area (Å²) in [6.07, 6.45) is 2.54. The number of nitrogens with zero attached hydrogens (tertiary/aromatic N) is 3. The van der Waals surface area contributed by atoms with E-state index in [9.17, 15) is 47.9 Å². The van der Waals surface area contributed by atoms with Crippen molar-refractivity contribution in [3.05, 3.63) is 119 Å². The molecule has 0 saturated heterocycles.